The van der Waals surface area contributed by atoms with Gasteiger partial charge in [-0.25, -0.2) is 9.97 Å². The number of hydrogen-bond donors (Lipinski definition) is 1. The first kappa shape index (κ1) is 31.1. The van der Waals surface area contributed by atoms with Crippen molar-refractivity contribution in [3.05, 3.63) is 96.2 Å². The number of rotatable bonds is 11. The number of carboxylic acids is 1. The number of aliphatic carboxylic acids is 1. The fraction of sp³-hybridized carbons (Fsp3) is 0.314. The number of thioether (sulfide) groups is 1. The number of carboxylic acid groups (broad SMARTS) is 1. The lowest BCUT2D eigenvalue weighted by Gasteiger charge is -2.24. The molecule has 0 aliphatic rings. The SMILES string of the molecule is COc1ncc(-c2ccc(Cn3c(CC(C)(C)C(=O)O)c(SC(C)(C)C)c4cc(OCc5ccccn5)ccc43)cc2)cn1. The third-order valence-electron chi connectivity index (χ3n) is 7.24. The van der Waals surface area contributed by atoms with Gasteiger partial charge in [0.15, 0.2) is 0 Å². The fourth-order valence-corrected chi connectivity index (χ4v) is 6.10. The second-order valence-corrected chi connectivity index (χ2v) is 14.2. The van der Waals surface area contributed by atoms with Crippen LogP contribution in [0.25, 0.3) is 22.0 Å². The molecule has 0 saturated carbocycles. The number of carbonyl (C=O) groups is 1. The van der Waals surface area contributed by atoms with Gasteiger partial charge in [0, 0.05) is 63.4 Å². The van der Waals surface area contributed by atoms with Crippen molar-refractivity contribution in [2.24, 2.45) is 5.41 Å². The van der Waals surface area contributed by atoms with E-state index in [1.165, 1.54) is 0 Å². The molecule has 3 aromatic heterocycles. The van der Waals surface area contributed by atoms with Gasteiger partial charge in [0.1, 0.15) is 12.4 Å². The zero-order valence-corrected chi connectivity index (χ0v) is 26.8. The van der Waals surface area contributed by atoms with E-state index in [4.69, 9.17) is 9.47 Å². The highest BCUT2D eigenvalue weighted by Crippen LogP contribution is 2.44. The van der Waals surface area contributed by atoms with Crippen molar-refractivity contribution in [3.8, 4) is 22.9 Å². The molecule has 2 aromatic carbocycles. The maximum Gasteiger partial charge on any atom is 0.316 e. The van der Waals surface area contributed by atoms with Crippen LogP contribution in [0.3, 0.4) is 0 Å². The number of nitrogens with zero attached hydrogens (tertiary/aromatic N) is 4. The standard InChI is InChI=1S/C35H38N4O4S/c1-34(2,3)44-31-28-17-27(43-22-26-9-7-8-16-36-26)14-15-29(28)39(30(31)18-35(4,5)32(40)41)21-23-10-12-24(13-11-23)25-19-37-33(42-6)38-20-25/h7-17,19-20H,18,21-22H2,1-6H3,(H,40,41). The Bertz CT molecular complexity index is 1740. The molecule has 0 aliphatic carbocycles. The highest BCUT2D eigenvalue weighted by molar-refractivity contribution is 8.00. The molecular formula is C35H38N4O4S. The summed E-state index contributed by atoms with van der Waals surface area (Å²) in [5.41, 5.74) is 4.91. The third-order valence-corrected chi connectivity index (χ3v) is 8.51. The van der Waals surface area contributed by atoms with Gasteiger partial charge in [0.2, 0.25) is 0 Å². The molecule has 0 saturated heterocycles. The molecule has 9 heteroatoms. The van der Waals surface area contributed by atoms with Gasteiger partial charge in [-0.05, 0) is 55.3 Å². The number of fused-ring (bicyclic) bond motifs is 1. The lowest BCUT2D eigenvalue weighted by atomic mass is 9.88. The Morgan fingerprint density at radius 3 is 2.27 bits per heavy atom. The minimum Gasteiger partial charge on any atom is -0.487 e. The first-order valence-electron chi connectivity index (χ1n) is 14.5. The molecule has 0 radical (unpaired) electrons. The number of pyridine rings is 1. The number of aromatic nitrogens is 4. The molecule has 0 amide bonds. The predicted molar refractivity (Wildman–Crippen MR) is 174 cm³/mol. The van der Waals surface area contributed by atoms with Gasteiger partial charge in [-0.3, -0.25) is 9.78 Å². The molecule has 3 heterocycles. The molecule has 8 nitrogen and oxygen atoms in total. The van der Waals surface area contributed by atoms with E-state index in [0.29, 0.717) is 25.6 Å². The number of hydrogen-bond acceptors (Lipinski definition) is 7. The van der Waals surface area contributed by atoms with Crippen molar-refractivity contribution in [2.45, 2.75) is 63.8 Å². The first-order chi connectivity index (χ1) is 20.9. The Hall–Kier alpha value is -4.37. The summed E-state index contributed by atoms with van der Waals surface area (Å²) >= 11 is 1.76. The fourth-order valence-electron chi connectivity index (χ4n) is 4.91. The van der Waals surface area contributed by atoms with E-state index in [1.54, 1.807) is 51.3 Å². The average Bonchev–Trinajstić information content (AvgIpc) is 3.26. The van der Waals surface area contributed by atoms with Crippen molar-refractivity contribution >= 4 is 28.6 Å². The van der Waals surface area contributed by atoms with Crippen molar-refractivity contribution in [2.75, 3.05) is 7.11 Å². The summed E-state index contributed by atoms with van der Waals surface area (Å²) < 4.78 is 13.4. The van der Waals surface area contributed by atoms with Crippen molar-refractivity contribution in [1.29, 1.82) is 0 Å². The Morgan fingerprint density at radius 2 is 1.66 bits per heavy atom. The molecule has 0 unspecified atom stereocenters. The van der Waals surface area contributed by atoms with Crippen molar-refractivity contribution < 1.29 is 19.4 Å². The molecule has 5 rings (SSSR count). The van der Waals surface area contributed by atoms with E-state index in [-0.39, 0.29) is 4.75 Å². The summed E-state index contributed by atoms with van der Waals surface area (Å²) in [6.45, 7) is 11.0. The van der Waals surface area contributed by atoms with Gasteiger partial charge in [0.05, 0.1) is 18.2 Å². The minimum absolute atomic E-state index is 0.103. The van der Waals surface area contributed by atoms with E-state index in [2.05, 4.69) is 76.7 Å². The van der Waals surface area contributed by atoms with Gasteiger partial charge >= 0.3 is 12.0 Å². The van der Waals surface area contributed by atoms with E-state index < -0.39 is 11.4 Å². The van der Waals surface area contributed by atoms with E-state index in [0.717, 1.165) is 49.6 Å². The van der Waals surface area contributed by atoms with Crippen LogP contribution in [0.2, 0.25) is 0 Å². The number of benzene rings is 2. The van der Waals surface area contributed by atoms with Crippen LogP contribution in [0.4, 0.5) is 0 Å². The van der Waals surface area contributed by atoms with Gasteiger partial charge in [-0.2, -0.15) is 0 Å². The topological polar surface area (TPSA) is 99.4 Å². The molecule has 0 aliphatic heterocycles. The smallest absolute Gasteiger partial charge is 0.316 e. The van der Waals surface area contributed by atoms with Crippen molar-refractivity contribution in [3.63, 3.8) is 0 Å². The summed E-state index contributed by atoms with van der Waals surface area (Å²) in [4.78, 5) is 26.2. The lowest BCUT2D eigenvalue weighted by Crippen LogP contribution is -2.28. The van der Waals surface area contributed by atoms with E-state index in [1.807, 2.05) is 24.3 Å². The monoisotopic (exact) mass is 610 g/mol. The van der Waals surface area contributed by atoms with Crippen LogP contribution in [-0.4, -0.2) is 42.5 Å². The molecule has 1 N–H and O–H groups in total. The zero-order chi connectivity index (χ0) is 31.5. The van der Waals surface area contributed by atoms with E-state index in [9.17, 15) is 9.90 Å². The van der Waals surface area contributed by atoms with Gasteiger partial charge < -0.3 is 19.1 Å². The van der Waals surface area contributed by atoms with Crippen LogP contribution in [-0.2, 0) is 24.4 Å². The van der Waals surface area contributed by atoms with Crippen LogP contribution in [0.15, 0.2) is 84.1 Å². The lowest BCUT2D eigenvalue weighted by molar-refractivity contribution is -0.146. The number of ether oxygens (including phenoxy) is 2. The molecule has 0 bridgehead atoms. The molecule has 0 fully saturated rings. The molecule has 5 aromatic rings. The summed E-state index contributed by atoms with van der Waals surface area (Å²) in [5.74, 6) is -0.0855. The van der Waals surface area contributed by atoms with Gasteiger partial charge in [0.25, 0.3) is 0 Å². The first-order valence-corrected chi connectivity index (χ1v) is 15.3. The van der Waals surface area contributed by atoms with Gasteiger partial charge in [-0.1, -0.05) is 51.1 Å². The van der Waals surface area contributed by atoms with Crippen LogP contribution in [0, 0.1) is 5.41 Å². The van der Waals surface area contributed by atoms with Crippen LogP contribution in [0.5, 0.6) is 11.8 Å². The summed E-state index contributed by atoms with van der Waals surface area (Å²) in [7, 11) is 1.54. The zero-order valence-electron chi connectivity index (χ0n) is 26.0. The second kappa shape index (κ2) is 12.7. The van der Waals surface area contributed by atoms with Crippen LogP contribution < -0.4 is 9.47 Å². The third kappa shape index (κ3) is 7.22. The molecular weight excluding hydrogens is 572 g/mol. The quantitative estimate of drug-likeness (QED) is 0.152. The normalized spacial score (nSPS) is 12.0. The maximum absolute atomic E-state index is 12.3. The average molecular weight is 611 g/mol. The Kier molecular flexibility index (Phi) is 8.97. The molecule has 0 spiro atoms. The summed E-state index contributed by atoms with van der Waals surface area (Å²) in [6.07, 6.45) is 5.63. The summed E-state index contributed by atoms with van der Waals surface area (Å²) in [6, 6.07) is 20.5. The largest absolute Gasteiger partial charge is 0.487 e. The Balaban J connectivity index is 1.57. The Labute approximate surface area is 262 Å². The van der Waals surface area contributed by atoms with Crippen LogP contribution in [0.1, 0.15) is 51.6 Å². The number of methoxy groups -OCH3 is 1. The minimum atomic E-state index is -0.962. The predicted octanol–water partition coefficient (Wildman–Crippen LogP) is 7.67. The highest BCUT2D eigenvalue weighted by atomic mass is 32.2. The molecule has 44 heavy (non-hydrogen) atoms. The van der Waals surface area contributed by atoms with Gasteiger partial charge in [-0.15, -0.1) is 11.8 Å². The van der Waals surface area contributed by atoms with E-state index >= 15 is 0 Å². The van der Waals surface area contributed by atoms with Crippen molar-refractivity contribution in [1.82, 2.24) is 19.5 Å². The summed E-state index contributed by atoms with van der Waals surface area (Å²) in [5, 5.41) is 11.2. The highest BCUT2D eigenvalue weighted by Gasteiger charge is 2.33. The molecule has 0 atom stereocenters. The second-order valence-electron chi connectivity index (χ2n) is 12.4. The molecule has 228 valence electrons. The maximum atomic E-state index is 12.3. The Morgan fingerprint density at radius 1 is 0.932 bits per heavy atom. The van der Waals surface area contributed by atoms with Crippen LogP contribution >= 0.6 is 11.8 Å².